The molecule has 0 heterocycles. The maximum absolute atomic E-state index is 10.3. The summed E-state index contributed by atoms with van der Waals surface area (Å²) in [7, 11) is 0. The summed E-state index contributed by atoms with van der Waals surface area (Å²) >= 11 is 6.05. The highest BCUT2D eigenvalue weighted by Gasteiger charge is 2.05. The summed E-state index contributed by atoms with van der Waals surface area (Å²) in [6.07, 6.45) is 0.0727. The number of hydrogen-bond donors (Lipinski definition) is 2. The van der Waals surface area contributed by atoms with E-state index in [1.54, 1.807) is 12.1 Å². The van der Waals surface area contributed by atoms with E-state index < -0.39 is 5.97 Å². The summed E-state index contributed by atoms with van der Waals surface area (Å²) in [5, 5.41) is 11.8. The molecule has 0 amide bonds. The molecular weight excluding hydrogens is 277 g/mol. The van der Waals surface area contributed by atoms with E-state index in [-0.39, 0.29) is 25.1 Å². The van der Waals surface area contributed by atoms with Gasteiger partial charge in [0.1, 0.15) is 5.75 Å². The number of aliphatic carboxylic acids is 1. The van der Waals surface area contributed by atoms with Gasteiger partial charge < -0.3 is 15.2 Å². The molecule has 0 aliphatic heterocycles. The lowest BCUT2D eigenvalue weighted by Crippen LogP contribution is -2.21. The first kappa shape index (κ1) is 17.0. The van der Waals surface area contributed by atoms with Gasteiger partial charge in [-0.3, -0.25) is 4.79 Å². The van der Waals surface area contributed by atoms with Crippen LogP contribution < -0.4 is 10.1 Å². The van der Waals surface area contributed by atoms with Gasteiger partial charge in [-0.05, 0) is 31.5 Å². The summed E-state index contributed by atoms with van der Waals surface area (Å²) in [6, 6.07) is 5.42. The van der Waals surface area contributed by atoms with E-state index in [0.717, 1.165) is 5.56 Å². The van der Waals surface area contributed by atoms with Crippen LogP contribution in [0, 0.1) is 0 Å². The zero-order valence-electron chi connectivity index (χ0n) is 10.3. The fourth-order valence-corrected chi connectivity index (χ4v) is 1.57. The standard InChI is InChI=1S/C12H16ClNO3.ClH/c1-8(2)17-11-4-3-9(5-10(11)13)6-14-7-12(15)16;/h3-5,8,14H,6-7H2,1-2H3,(H,15,16);1H. The third-order valence-corrected chi connectivity index (χ3v) is 2.26. The number of nitrogens with one attached hydrogen (secondary N) is 1. The van der Waals surface area contributed by atoms with Crippen LogP contribution in [-0.2, 0) is 11.3 Å². The Morgan fingerprint density at radius 2 is 2.17 bits per heavy atom. The second-order valence-corrected chi connectivity index (χ2v) is 4.34. The predicted octanol–water partition coefficient (Wildman–Crippen LogP) is 2.72. The van der Waals surface area contributed by atoms with Gasteiger partial charge in [0, 0.05) is 6.54 Å². The second-order valence-electron chi connectivity index (χ2n) is 3.93. The van der Waals surface area contributed by atoms with Crippen LogP contribution in [0.15, 0.2) is 18.2 Å². The first-order chi connectivity index (χ1) is 7.99. The summed E-state index contributed by atoms with van der Waals surface area (Å²) in [5.41, 5.74) is 0.923. The fourth-order valence-electron chi connectivity index (χ4n) is 1.32. The lowest BCUT2D eigenvalue weighted by molar-refractivity contribution is -0.135. The monoisotopic (exact) mass is 293 g/mol. The SMILES string of the molecule is CC(C)Oc1ccc(CNCC(=O)O)cc1Cl.Cl. The van der Waals surface area contributed by atoms with Crippen molar-refractivity contribution in [3.05, 3.63) is 28.8 Å². The zero-order chi connectivity index (χ0) is 12.8. The number of rotatable bonds is 6. The van der Waals surface area contributed by atoms with Crippen LogP contribution >= 0.6 is 24.0 Å². The number of carboxylic acids is 1. The quantitative estimate of drug-likeness (QED) is 0.847. The number of hydrogen-bond acceptors (Lipinski definition) is 3. The molecule has 102 valence electrons. The molecule has 0 saturated heterocycles. The van der Waals surface area contributed by atoms with Gasteiger partial charge in [-0.25, -0.2) is 0 Å². The van der Waals surface area contributed by atoms with Gasteiger partial charge in [0.15, 0.2) is 0 Å². The third-order valence-electron chi connectivity index (χ3n) is 1.96. The maximum Gasteiger partial charge on any atom is 0.317 e. The zero-order valence-corrected chi connectivity index (χ0v) is 11.8. The highest BCUT2D eigenvalue weighted by atomic mass is 35.5. The smallest absolute Gasteiger partial charge is 0.317 e. The van der Waals surface area contributed by atoms with Crippen molar-refractivity contribution in [2.24, 2.45) is 0 Å². The van der Waals surface area contributed by atoms with Crippen LogP contribution in [0.4, 0.5) is 0 Å². The Balaban J connectivity index is 0.00000289. The number of carboxylic acid groups (broad SMARTS) is 1. The number of halogens is 2. The van der Waals surface area contributed by atoms with E-state index in [4.69, 9.17) is 21.4 Å². The van der Waals surface area contributed by atoms with Crippen LogP contribution in [0.1, 0.15) is 19.4 Å². The molecule has 0 atom stereocenters. The van der Waals surface area contributed by atoms with Gasteiger partial charge in [-0.1, -0.05) is 17.7 Å². The first-order valence-electron chi connectivity index (χ1n) is 5.36. The van der Waals surface area contributed by atoms with Crippen LogP contribution in [-0.4, -0.2) is 23.7 Å². The van der Waals surface area contributed by atoms with Crippen LogP contribution in [0.25, 0.3) is 0 Å². The maximum atomic E-state index is 10.3. The van der Waals surface area contributed by atoms with Gasteiger partial charge in [-0.15, -0.1) is 12.4 Å². The Morgan fingerprint density at radius 1 is 1.50 bits per heavy atom. The van der Waals surface area contributed by atoms with E-state index in [0.29, 0.717) is 17.3 Å². The molecule has 1 aromatic carbocycles. The Hall–Kier alpha value is -0.970. The Bertz CT molecular complexity index is 397. The summed E-state index contributed by atoms with van der Waals surface area (Å²) in [6.45, 7) is 4.26. The molecule has 0 aromatic heterocycles. The summed E-state index contributed by atoms with van der Waals surface area (Å²) < 4.78 is 5.50. The highest BCUT2D eigenvalue weighted by Crippen LogP contribution is 2.26. The van der Waals surface area contributed by atoms with Crippen molar-refractivity contribution >= 4 is 30.0 Å². The average Bonchev–Trinajstić information content (AvgIpc) is 2.21. The third kappa shape index (κ3) is 6.10. The molecule has 4 nitrogen and oxygen atoms in total. The second kappa shape index (κ2) is 8.19. The van der Waals surface area contributed by atoms with Gasteiger partial charge in [0.2, 0.25) is 0 Å². The first-order valence-corrected chi connectivity index (χ1v) is 5.74. The Kier molecular flexibility index (Phi) is 7.75. The average molecular weight is 294 g/mol. The van der Waals surface area contributed by atoms with Crippen molar-refractivity contribution < 1.29 is 14.6 Å². The fraction of sp³-hybridized carbons (Fsp3) is 0.417. The molecule has 18 heavy (non-hydrogen) atoms. The molecule has 0 aliphatic rings. The van der Waals surface area contributed by atoms with E-state index in [2.05, 4.69) is 5.32 Å². The number of carbonyl (C=O) groups is 1. The van der Waals surface area contributed by atoms with Gasteiger partial charge in [0.25, 0.3) is 0 Å². The number of ether oxygens (including phenoxy) is 1. The van der Waals surface area contributed by atoms with Gasteiger partial charge in [-0.2, -0.15) is 0 Å². The highest BCUT2D eigenvalue weighted by molar-refractivity contribution is 6.32. The predicted molar refractivity (Wildman–Crippen MR) is 73.8 cm³/mol. The summed E-state index contributed by atoms with van der Waals surface area (Å²) in [4.78, 5) is 10.3. The molecule has 0 bridgehead atoms. The topological polar surface area (TPSA) is 58.6 Å². The van der Waals surface area contributed by atoms with Crippen LogP contribution in [0.2, 0.25) is 5.02 Å². The van der Waals surface area contributed by atoms with Crippen molar-refractivity contribution in [1.29, 1.82) is 0 Å². The van der Waals surface area contributed by atoms with Crippen molar-refractivity contribution in [2.75, 3.05) is 6.54 Å². The summed E-state index contributed by atoms with van der Waals surface area (Å²) in [5.74, 6) is -0.237. The van der Waals surface area contributed by atoms with Gasteiger partial charge in [0.05, 0.1) is 17.7 Å². The van der Waals surface area contributed by atoms with Crippen molar-refractivity contribution in [3.63, 3.8) is 0 Å². The molecule has 2 N–H and O–H groups in total. The van der Waals surface area contributed by atoms with Gasteiger partial charge >= 0.3 is 5.97 Å². The van der Waals surface area contributed by atoms with E-state index >= 15 is 0 Å². The Labute approximate surface area is 118 Å². The number of benzene rings is 1. The molecule has 1 aromatic rings. The van der Waals surface area contributed by atoms with Crippen LogP contribution in [0.3, 0.4) is 0 Å². The van der Waals surface area contributed by atoms with Crippen LogP contribution in [0.5, 0.6) is 5.75 Å². The largest absolute Gasteiger partial charge is 0.489 e. The Morgan fingerprint density at radius 3 is 2.67 bits per heavy atom. The minimum Gasteiger partial charge on any atom is -0.489 e. The van der Waals surface area contributed by atoms with E-state index in [1.165, 1.54) is 0 Å². The van der Waals surface area contributed by atoms with Crippen molar-refractivity contribution in [3.8, 4) is 5.75 Å². The van der Waals surface area contributed by atoms with Crippen molar-refractivity contribution in [1.82, 2.24) is 5.32 Å². The molecular formula is C12H17Cl2NO3. The minimum absolute atomic E-state index is 0. The molecule has 0 radical (unpaired) electrons. The lowest BCUT2D eigenvalue weighted by Gasteiger charge is -2.12. The molecule has 0 unspecified atom stereocenters. The van der Waals surface area contributed by atoms with Crippen molar-refractivity contribution in [2.45, 2.75) is 26.5 Å². The molecule has 0 saturated carbocycles. The molecule has 6 heteroatoms. The molecule has 0 spiro atoms. The molecule has 0 aliphatic carbocycles. The molecule has 0 fully saturated rings. The van der Waals surface area contributed by atoms with E-state index in [9.17, 15) is 4.79 Å². The minimum atomic E-state index is -0.879. The normalized spacial score (nSPS) is 10.0. The lowest BCUT2D eigenvalue weighted by atomic mass is 10.2. The molecule has 1 rings (SSSR count). The van der Waals surface area contributed by atoms with E-state index in [1.807, 2.05) is 19.9 Å².